The zero-order valence-electron chi connectivity index (χ0n) is 14.8. The molecule has 0 saturated carbocycles. The zero-order chi connectivity index (χ0) is 18.1. The Bertz CT molecular complexity index is 931. The minimum atomic E-state index is -0.0226. The molecular formula is C21H21N3O2. The molecule has 1 atom stereocenters. The van der Waals surface area contributed by atoms with Crippen molar-refractivity contribution in [2.75, 3.05) is 5.32 Å². The van der Waals surface area contributed by atoms with Crippen LogP contribution in [-0.2, 0) is 4.79 Å². The first-order chi connectivity index (χ1) is 12.6. The topological polar surface area (TPSA) is 56.2 Å². The number of carbonyl (C=O) groups excluding carboxylic acids is 1. The van der Waals surface area contributed by atoms with Crippen LogP contribution in [0.3, 0.4) is 0 Å². The number of para-hydroxylation sites is 1. The van der Waals surface area contributed by atoms with Crippen molar-refractivity contribution < 1.29 is 9.53 Å². The minimum absolute atomic E-state index is 0.0132. The van der Waals surface area contributed by atoms with E-state index < -0.39 is 0 Å². The van der Waals surface area contributed by atoms with Crippen LogP contribution in [0.4, 0.5) is 5.82 Å². The molecule has 5 heteroatoms. The fraction of sp³-hybridized carbons (Fsp3) is 0.238. The van der Waals surface area contributed by atoms with Gasteiger partial charge in [-0.1, -0.05) is 30.3 Å². The molecule has 5 nitrogen and oxygen atoms in total. The number of fused-ring (bicyclic) bond motifs is 1. The summed E-state index contributed by atoms with van der Waals surface area (Å²) in [7, 11) is 0. The van der Waals surface area contributed by atoms with Gasteiger partial charge >= 0.3 is 0 Å². The Balaban J connectivity index is 1.68. The second-order valence-corrected chi connectivity index (χ2v) is 6.78. The standard InChI is InChI=1S/C21H21N3O2/c1-14(2)24-21-19(13-22-24)18(12-20(25)23-21)15-7-6-10-17(11-15)26-16-8-4-3-5-9-16/h3-11,13-14,18H,12H2,1-2H3,(H,23,25)/t18-/m1/s1. The molecule has 2 heterocycles. The average molecular weight is 347 g/mol. The monoisotopic (exact) mass is 347 g/mol. The van der Waals surface area contributed by atoms with E-state index >= 15 is 0 Å². The lowest BCUT2D eigenvalue weighted by Gasteiger charge is -2.25. The van der Waals surface area contributed by atoms with Crippen LogP contribution in [0.25, 0.3) is 0 Å². The molecule has 1 aliphatic heterocycles. The van der Waals surface area contributed by atoms with E-state index in [1.807, 2.05) is 65.5 Å². The maximum Gasteiger partial charge on any atom is 0.226 e. The van der Waals surface area contributed by atoms with Crippen molar-refractivity contribution in [1.82, 2.24) is 9.78 Å². The van der Waals surface area contributed by atoms with Crippen molar-refractivity contribution in [3.05, 3.63) is 71.9 Å². The fourth-order valence-electron chi connectivity index (χ4n) is 3.35. The first kappa shape index (κ1) is 16.4. The quantitative estimate of drug-likeness (QED) is 0.742. The van der Waals surface area contributed by atoms with Crippen molar-refractivity contribution >= 4 is 11.7 Å². The van der Waals surface area contributed by atoms with E-state index in [0.717, 1.165) is 28.4 Å². The lowest BCUT2D eigenvalue weighted by Crippen LogP contribution is -2.25. The van der Waals surface area contributed by atoms with E-state index in [2.05, 4.69) is 24.3 Å². The maximum absolute atomic E-state index is 12.3. The maximum atomic E-state index is 12.3. The summed E-state index contributed by atoms with van der Waals surface area (Å²) >= 11 is 0. The minimum Gasteiger partial charge on any atom is -0.457 e. The summed E-state index contributed by atoms with van der Waals surface area (Å²) in [5, 5.41) is 7.44. The van der Waals surface area contributed by atoms with Crippen molar-refractivity contribution in [3.63, 3.8) is 0 Å². The number of hydrogen-bond acceptors (Lipinski definition) is 3. The Labute approximate surface area is 152 Å². The lowest BCUT2D eigenvalue weighted by atomic mass is 9.87. The van der Waals surface area contributed by atoms with E-state index in [1.165, 1.54) is 0 Å². The molecule has 0 bridgehead atoms. The first-order valence-corrected chi connectivity index (χ1v) is 8.82. The molecule has 2 aromatic carbocycles. The summed E-state index contributed by atoms with van der Waals surface area (Å²) < 4.78 is 7.81. The number of anilines is 1. The highest BCUT2D eigenvalue weighted by atomic mass is 16.5. The van der Waals surface area contributed by atoms with Gasteiger partial charge in [-0.25, -0.2) is 4.68 Å². The Kier molecular flexibility index (Phi) is 4.21. The molecule has 0 radical (unpaired) electrons. The normalized spacial score (nSPS) is 16.3. The number of amides is 1. The van der Waals surface area contributed by atoms with E-state index in [4.69, 9.17) is 4.74 Å². The molecule has 3 aromatic rings. The van der Waals surface area contributed by atoms with Gasteiger partial charge in [-0.05, 0) is 43.7 Å². The number of benzene rings is 2. The Morgan fingerprint density at radius 3 is 2.65 bits per heavy atom. The van der Waals surface area contributed by atoms with Gasteiger partial charge in [-0.15, -0.1) is 0 Å². The molecule has 1 aliphatic rings. The summed E-state index contributed by atoms with van der Waals surface area (Å²) in [6.45, 7) is 4.11. The summed E-state index contributed by atoms with van der Waals surface area (Å²) in [5.74, 6) is 2.34. The molecule has 0 aliphatic carbocycles. The van der Waals surface area contributed by atoms with E-state index in [0.29, 0.717) is 6.42 Å². The Morgan fingerprint density at radius 2 is 1.88 bits per heavy atom. The number of aromatic nitrogens is 2. The molecule has 132 valence electrons. The summed E-state index contributed by atoms with van der Waals surface area (Å²) in [6, 6.07) is 17.8. The van der Waals surface area contributed by atoms with Crippen molar-refractivity contribution in [2.24, 2.45) is 0 Å². The average Bonchev–Trinajstić information content (AvgIpc) is 3.06. The van der Waals surface area contributed by atoms with Gasteiger partial charge in [0.25, 0.3) is 0 Å². The van der Waals surface area contributed by atoms with Gasteiger partial charge in [0, 0.05) is 23.9 Å². The number of nitrogens with one attached hydrogen (secondary N) is 1. The second kappa shape index (κ2) is 6.67. The molecule has 0 fully saturated rings. The predicted octanol–water partition coefficient (Wildman–Crippen LogP) is 4.73. The molecular weight excluding hydrogens is 326 g/mol. The second-order valence-electron chi connectivity index (χ2n) is 6.78. The van der Waals surface area contributed by atoms with Crippen molar-refractivity contribution in [3.8, 4) is 11.5 Å². The van der Waals surface area contributed by atoms with Gasteiger partial charge in [0.15, 0.2) is 0 Å². The molecule has 1 aromatic heterocycles. The van der Waals surface area contributed by atoms with Gasteiger partial charge in [-0.3, -0.25) is 4.79 Å². The van der Waals surface area contributed by atoms with Gasteiger partial charge in [0.05, 0.1) is 6.20 Å². The number of rotatable bonds is 4. The Hall–Kier alpha value is -3.08. The zero-order valence-corrected chi connectivity index (χ0v) is 14.8. The third-order valence-corrected chi connectivity index (χ3v) is 4.58. The van der Waals surface area contributed by atoms with Crippen LogP contribution in [0.15, 0.2) is 60.8 Å². The van der Waals surface area contributed by atoms with Gasteiger partial charge in [-0.2, -0.15) is 5.10 Å². The van der Waals surface area contributed by atoms with Crippen LogP contribution >= 0.6 is 0 Å². The number of hydrogen-bond donors (Lipinski definition) is 1. The smallest absolute Gasteiger partial charge is 0.226 e. The first-order valence-electron chi connectivity index (χ1n) is 8.82. The highest BCUT2D eigenvalue weighted by Crippen LogP contribution is 2.39. The van der Waals surface area contributed by atoms with Crippen molar-refractivity contribution in [2.45, 2.75) is 32.2 Å². The molecule has 4 rings (SSSR count). The fourth-order valence-corrected chi connectivity index (χ4v) is 3.35. The third kappa shape index (κ3) is 3.08. The van der Waals surface area contributed by atoms with Gasteiger partial charge in [0.2, 0.25) is 5.91 Å². The number of carbonyl (C=O) groups is 1. The van der Waals surface area contributed by atoms with Crippen LogP contribution in [0, 0.1) is 0 Å². The van der Waals surface area contributed by atoms with Crippen LogP contribution < -0.4 is 10.1 Å². The predicted molar refractivity (Wildman–Crippen MR) is 101 cm³/mol. The summed E-state index contributed by atoms with van der Waals surface area (Å²) in [6.07, 6.45) is 2.27. The summed E-state index contributed by atoms with van der Waals surface area (Å²) in [5.41, 5.74) is 2.10. The van der Waals surface area contributed by atoms with E-state index in [-0.39, 0.29) is 17.9 Å². The van der Waals surface area contributed by atoms with Crippen LogP contribution in [0.5, 0.6) is 11.5 Å². The van der Waals surface area contributed by atoms with Crippen LogP contribution in [-0.4, -0.2) is 15.7 Å². The molecule has 26 heavy (non-hydrogen) atoms. The SMILES string of the molecule is CC(C)n1ncc2c1NC(=O)C[C@@H]2c1cccc(Oc2ccccc2)c1. The van der Waals surface area contributed by atoms with E-state index in [1.54, 1.807) is 0 Å². The Morgan fingerprint density at radius 1 is 1.12 bits per heavy atom. The number of nitrogens with zero attached hydrogens (tertiary/aromatic N) is 2. The number of ether oxygens (including phenoxy) is 1. The highest BCUT2D eigenvalue weighted by Gasteiger charge is 2.30. The van der Waals surface area contributed by atoms with Gasteiger partial charge in [0.1, 0.15) is 17.3 Å². The van der Waals surface area contributed by atoms with Crippen molar-refractivity contribution in [1.29, 1.82) is 0 Å². The molecule has 0 saturated heterocycles. The van der Waals surface area contributed by atoms with E-state index in [9.17, 15) is 4.79 Å². The largest absolute Gasteiger partial charge is 0.457 e. The molecule has 0 unspecified atom stereocenters. The van der Waals surface area contributed by atoms with Crippen LogP contribution in [0.1, 0.15) is 43.4 Å². The summed E-state index contributed by atoms with van der Waals surface area (Å²) in [4.78, 5) is 12.3. The molecule has 1 amide bonds. The molecule has 0 spiro atoms. The molecule has 1 N–H and O–H groups in total. The lowest BCUT2D eigenvalue weighted by molar-refractivity contribution is -0.116. The highest BCUT2D eigenvalue weighted by molar-refractivity contribution is 5.94. The van der Waals surface area contributed by atoms with Crippen LogP contribution in [0.2, 0.25) is 0 Å². The van der Waals surface area contributed by atoms with Gasteiger partial charge < -0.3 is 10.1 Å². The third-order valence-electron chi connectivity index (χ3n) is 4.58.